The summed E-state index contributed by atoms with van der Waals surface area (Å²) < 4.78 is 16.9. The second-order valence-corrected chi connectivity index (χ2v) is 21.7. The first-order chi connectivity index (χ1) is 35.5. The lowest BCUT2D eigenvalue weighted by Crippen LogP contribution is -2.30. The maximum absolute atomic E-state index is 12.8. The summed E-state index contributed by atoms with van der Waals surface area (Å²) in [5.74, 6) is -0.861. The van der Waals surface area contributed by atoms with Crippen LogP contribution in [-0.4, -0.2) is 37.2 Å². The van der Waals surface area contributed by atoms with Gasteiger partial charge in [-0.2, -0.15) is 0 Å². The number of carbonyl (C=O) groups excluding carboxylic acids is 3. The molecule has 0 saturated carbocycles. The van der Waals surface area contributed by atoms with Crippen LogP contribution >= 0.6 is 0 Å². The highest BCUT2D eigenvalue weighted by molar-refractivity contribution is 5.71. The molecule has 422 valence electrons. The zero-order chi connectivity index (χ0) is 52.2. The van der Waals surface area contributed by atoms with E-state index in [4.69, 9.17) is 14.2 Å². The Kier molecular flexibility index (Phi) is 59.2. The Morgan fingerprint density at radius 2 is 0.528 bits per heavy atom. The van der Waals surface area contributed by atoms with Crippen molar-refractivity contribution < 1.29 is 28.6 Å². The summed E-state index contributed by atoms with van der Waals surface area (Å²) in [6.07, 6.45) is 74.6. The van der Waals surface area contributed by atoms with Gasteiger partial charge in [-0.05, 0) is 70.6 Å². The lowest BCUT2D eigenvalue weighted by Gasteiger charge is -2.18. The van der Waals surface area contributed by atoms with E-state index in [1.54, 1.807) is 0 Å². The van der Waals surface area contributed by atoms with Crippen molar-refractivity contribution in [1.29, 1.82) is 0 Å². The number of carbonyl (C=O) groups is 3. The Morgan fingerprint density at radius 3 is 0.833 bits per heavy atom. The molecule has 0 saturated heterocycles. The zero-order valence-electron chi connectivity index (χ0n) is 48.5. The summed E-state index contributed by atoms with van der Waals surface area (Å²) in [7, 11) is 0. The van der Waals surface area contributed by atoms with Gasteiger partial charge in [0.1, 0.15) is 13.2 Å². The third-order valence-electron chi connectivity index (χ3n) is 14.3. The maximum atomic E-state index is 12.8. The summed E-state index contributed by atoms with van der Waals surface area (Å²) in [6.45, 7) is 6.60. The fourth-order valence-corrected chi connectivity index (χ4v) is 9.54. The normalized spacial score (nSPS) is 12.2. The van der Waals surface area contributed by atoms with Gasteiger partial charge in [0, 0.05) is 19.3 Å². The van der Waals surface area contributed by atoms with Crippen LogP contribution in [0.2, 0.25) is 0 Å². The van der Waals surface area contributed by atoms with Gasteiger partial charge < -0.3 is 14.2 Å². The van der Waals surface area contributed by atoms with Gasteiger partial charge in [0.2, 0.25) is 0 Å². The van der Waals surface area contributed by atoms with Gasteiger partial charge in [-0.1, -0.05) is 295 Å². The quantitative estimate of drug-likeness (QED) is 0.0261. The Hall–Kier alpha value is -2.37. The number of ether oxygens (including phenoxy) is 3. The smallest absolute Gasteiger partial charge is 0.306 e. The van der Waals surface area contributed by atoms with E-state index in [0.717, 1.165) is 77.0 Å². The first kappa shape index (κ1) is 69.6. The lowest BCUT2D eigenvalue weighted by atomic mass is 10.0. The number of hydrogen-bond donors (Lipinski definition) is 0. The van der Waals surface area contributed by atoms with Crippen LogP contribution in [0.25, 0.3) is 0 Å². The fourth-order valence-electron chi connectivity index (χ4n) is 9.54. The van der Waals surface area contributed by atoms with Crippen LogP contribution in [0.5, 0.6) is 0 Å². The van der Waals surface area contributed by atoms with Crippen LogP contribution in [0.4, 0.5) is 0 Å². The van der Waals surface area contributed by atoms with Gasteiger partial charge in [0.25, 0.3) is 0 Å². The van der Waals surface area contributed by atoms with E-state index in [1.165, 1.54) is 231 Å². The van der Waals surface area contributed by atoms with E-state index in [0.29, 0.717) is 19.3 Å². The van der Waals surface area contributed by atoms with Gasteiger partial charge in [0.15, 0.2) is 6.10 Å². The molecular formula is C66H122O6. The minimum atomic E-state index is -0.770. The third-order valence-corrected chi connectivity index (χ3v) is 14.3. The Balaban J connectivity index is 4.04. The van der Waals surface area contributed by atoms with Crippen LogP contribution in [0, 0.1) is 0 Å². The van der Waals surface area contributed by atoms with Crippen molar-refractivity contribution in [2.24, 2.45) is 0 Å². The molecular weight excluding hydrogens is 889 g/mol. The number of unbranched alkanes of at least 4 members (excludes halogenated alkanes) is 42. The molecule has 0 aliphatic heterocycles. The fraction of sp³-hybridized carbons (Fsp3) is 0.864. The van der Waals surface area contributed by atoms with Crippen LogP contribution in [-0.2, 0) is 28.6 Å². The predicted octanol–water partition coefficient (Wildman–Crippen LogP) is 21.6. The monoisotopic (exact) mass is 1010 g/mol. The Labute approximate surface area is 448 Å². The van der Waals surface area contributed by atoms with Crippen molar-refractivity contribution in [2.75, 3.05) is 13.2 Å². The van der Waals surface area contributed by atoms with E-state index in [-0.39, 0.29) is 31.1 Å². The molecule has 0 amide bonds. The first-order valence-corrected chi connectivity index (χ1v) is 32.0. The maximum Gasteiger partial charge on any atom is 0.306 e. The Morgan fingerprint density at radius 1 is 0.278 bits per heavy atom. The topological polar surface area (TPSA) is 78.9 Å². The second kappa shape index (κ2) is 61.2. The van der Waals surface area contributed by atoms with Gasteiger partial charge >= 0.3 is 17.9 Å². The molecule has 0 aromatic rings. The molecule has 0 aliphatic carbocycles. The van der Waals surface area contributed by atoms with E-state index < -0.39 is 6.10 Å². The molecule has 0 N–H and O–H groups in total. The summed E-state index contributed by atoms with van der Waals surface area (Å²) in [4.78, 5) is 38.1. The second-order valence-electron chi connectivity index (χ2n) is 21.7. The van der Waals surface area contributed by atoms with E-state index in [9.17, 15) is 14.4 Å². The SMILES string of the molecule is CCC/C=C\CCCCCCCC(=O)OCC(COC(=O)CCCCCCCCCCCCCCCCCCCCC/C=C\C/C=C\CCCCCCC)OC(=O)CCCCCCCCCCCCCCC. The first-order valence-electron chi connectivity index (χ1n) is 32.0. The average molecular weight is 1010 g/mol. The van der Waals surface area contributed by atoms with Gasteiger partial charge in [-0.15, -0.1) is 0 Å². The molecule has 1 unspecified atom stereocenters. The van der Waals surface area contributed by atoms with Crippen molar-refractivity contribution in [2.45, 2.75) is 354 Å². The predicted molar refractivity (Wildman–Crippen MR) is 312 cm³/mol. The summed E-state index contributed by atoms with van der Waals surface area (Å²) in [5, 5.41) is 0. The summed E-state index contributed by atoms with van der Waals surface area (Å²) in [6, 6.07) is 0. The minimum absolute atomic E-state index is 0.0695. The van der Waals surface area contributed by atoms with Crippen molar-refractivity contribution in [3.05, 3.63) is 36.5 Å². The van der Waals surface area contributed by atoms with Crippen molar-refractivity contribution in [3.63, 3.8) is 0 Å². The standard InChI is InChI=1S/C66H122O6/c1-4-7-10-13-16-19-22-24-25-26-27-28-29-30-31-32-33-34-35-36-37-38-39-40-41-43-44-47-50-53-56-59-65(68)71-62-63(61-70-64(67)58-55-52-49-46-21-18-15-12-9-6-3)72-66(69)60-57-54-51-48-45-42-23-20-17-14-11-8-5-2/h12,15,22,24,26-27,63H,4-11,13-14,16-21,23,25,28-62H2,1-3H3/b15-12-,24-22-,27-26-. The number of esters is 3. The molecule has 0 fully saturated rings. The summed E-state index contributed by atoms with van der Waals surface area (Å²) >= 11 is 0. The molecule has 0 aliphatic rings. The minimum Gasteiger partial charge on any atom is -0.462 e. The molecule has 6 heteroatoms. The number of allylic oxidation sites excluding steroid dienone is 6. The third kappa shape index (κ3) is 58.5. The molecule has 0 spiro atoms. The molecule has 6 nitrogen and oxygen atoms in total. The number of rotatable bonds is 59. The zero-order valence-corrected chi connectivity index (χ0v) is 48.5. The molecule has 72 heavy (non-hydrogen) atoms. The van der Waals surface area contributed by atoms with Crippen LogP contribution < -0.4 is 0 Å². The van der Waals surface area contributed by atoms with Crippen molar-refractivity contribution in [1.82, 2.24) is 0 Å². The van der Waals surface area contributed by atoms with Crippen molar-refractivity contribution >= 4 is 17.9 Å². The Bertz CT molecular complexity index is 1210. The molecule has 0 aromatic heterocycles. The molecule has 0 heterocycles. The highest BCUT2D eigenvalue weighted by Gasteiger charge is 2.19. The van der Waals surface area contributed by atoms with Crippen LogP contribution in [0.15, 0.2) is 36.5 Å². The highest BCUT2D eigenvalue weighted by Crippen LogP contribution is 2.18. The number of hydrogen-bond acceptors (Lipinski definition) is 6. The molecule has 1 atom stereocenters. The summed E-state index contributed by atoms with van der Waals surface area (Å²) in [5.41, 5.74) is 0. The average Bonchev–Trinajstić information content (AvgIpc) is 3.38. The highest BCUT2D eigenvalue weighted by atomic mass is 16.6. The van der Waals surface area contributed by atoms with Crippen molar-refractivity contribution in [3.8, 4) is 0 Å². The van der Waals surface area contributed by atoms with E-state index in [1.807, 2.05) is 0 Å². The van der Waals surface area contributed by atoms with Gasteiger partial charge in [0.05, 0.1) is 0 Å². The van der Waals surface area contributed by atoms with Crippen LogP contribution in [0.3, 0.4) is 0 Å². The van der Waals surface area contributed by atoms with Crippen LogP contribution in [0.1, 0.15) is 348 Å². The molecule has 0 bridgehead atoms. The molecule has 0 radical (unpaired) electrons. The van der Waals surface area contributed by atoms with Gasteiger partial charge in [-0.3, -0.25) is 14.4 Å². The lowest BCUT2D eigenvalue weighted by molar-refractivity contribution is -0.167. The van der Waals surface area contributed by atoms with Gasteiger partial charge in [-0.25, -0.2) is 0 Å². The molecule has 0 rings (SSSR count). The van der Waals surface area contributed by atoms with E-state index >= 15 is 0 Å². The largest absolute Gasteiger partial charge is 0.462 e. The van der Waals surface area contributed by atoms with E-state index in [2.05, 4.69) is 57.2 Å². The molecule has 0 aromatic carbocycles.